The first-order valence-corrected chi connectivity index (χ1v) is 7.59. The predicted octanol–water partition coefficient (Wildman–Crippen LogP) is 0.924. The second kappa shape index (κ2) is 8.37. The minimum absolute atomic E-state index is 0.0571. The zero-order chi connectivity index (χ0) is 13.4. The molecule has 1 heterocycles. The zero-order valence-electron chi connectivity index (χ0n) is 10.6. The molecule has 1 aliphatic rings. The van der Waals surface area contributed by atoms with Gasteiger partial charge in [0, 0.05) is 24.5 Å². The molecule has 0 saturated carbocycles. The molecule has 18 heavy (non-hydrogen) atoms. The van der Waals surface area contributed by atoms with Crippen LogP contribution in [0.5, 0.6) is 0 Å². The number of carboxylic acids is 1. The number of hydrogen-bond acceptors (Lipinski definition) is 4. The van der Waals surface area contributed by atoms with E-state index < -0.39 is 5.97 Å². The fraction of sp³-hybridized carbons (Fsp3) is 0.833. The first-order chi connectivity index (χ1) is 8.65. The smallest absolute Gasteiger partial charge is 0.305 e. The normalized spacial score (nSPS) is 19.8. The van der Waals surface area contributed by atoms with Crippen molar-refractivity contribution in [2.24, 2.45) is 5.73 Å². The molecule has 0 bridgehead atoms. The van der Waals surface area contributed by atoms with Crippen LogP contribution in [0, 0.1) is 0 Å². The van der Waals surface area contributed by atoms with Crippen LogP contribution in [-0.4, -0.2) is 52.5 Å². The van der Waals surface area contributed by atoms with Crippen LogP contribution in [0.2, 0.25) is 0 Å². The number of nitrogens with zero attached hydrogens (tertiary/aromatic N) is 1. The molecule has 1 rings (SSSR count). The Hall–Kier alpha value is -0.750. The molecule has 0 aromatic carbocycles. The number of aliphatic carboxylic acids is 1. The number of carboxylic acid groups (broad SMARTS) is 1. The molecule has 1 unspecified atom stereocenters. The molecule has 0 aromatic rings. The van der Waals surface area contributed by atoms with E-state index in [0.29, 0.717) is 19.5 Å². The predicted molar refractivity (Wildman–Crippen MR) is 72.6 cm³/mol. The third-order valence-electron chi connectivity index (χ3n) is 3.05. The van der Waals surface area contributed by atoms with Gasteiger partial charge in [0.05, 0.1) is 12.5 Å². The van der Waals surface area contributed by atoms with Gasteiger partial charge in [0.15, 0.2) is 0 Å². The van der Waals surface area contributed by atoms with Crippen LogP contribution in [0.3, 0.4) is 0 Å². The van der Waals surface area contributed by atoms with E-state index in [4.69, 9.17) is 10.8 Å². The van der Waals surface area contributed by atoms with E-state index in [1.807, 2.05) is 0 Å². The summed E-state index contributed by atoms with van der Waals surface area (Å²) in [4.78, 5) is 24.6. The Kier molecular flexibility index (Phi) is 7.12. The summed E-state index contributed by atoms with van der Waals surface area (Å²) >= 11 is 1.72. The van der Waals surface area contributed by atoms with Crippen LogP contribution in [0.1, 0.15) is 32.1 Å². The van der Waals surface area contributed by atoms with E-state index >= 15 is 0 Å². The molecule has 5 nitrogen and oxygen atoms in total. The Bertz CT molecular complexity index is 286. The molecule has 0 aromatic heterocycles. The van der Waals surface area contributed by atoms with Crippen LogP contribution in [0.4, 0.5) is 0 Å². The summed E-state index contributed by atoms with van der Waals surface area (Å²) in [5.74, 6) is 0.910. The first kappa shape index (κ1) is 15.3. The summed E-state index contributed by atoms with van der Waals surface area (Å²) in [6.07, 6.45) is 3.33. The average Bonchev–Trinajstić information content (AvgIpc) is 2.34. The number of thioether (sulfide) groups is 1. The van der Waals surface area contributed by atoms with E-state index in [1.165, 1.54) is 0 Å². The molecule has 104 valence electrons. The maximum absolute atomic E-state index is 12.0. The Balaban J connectivity index is 2.39. The molecule has 1 amide bonds. The SMILES string of the molecule is NCCCCCC(=O)N1CCSCC1CC(=O)O. The fourth-order valence-corrected chi connectivity index (χ4v) is 3.16. The quantitative estimate of drug-likeness (QED) is 0.675. The van der Waals surface area contributed by atoms with Gasteiger partial charge < -0.3 is 15.7 Å². The molecule has 1 atom stereocenters. The lowest BCUT2D eigenvalue weighted by Gasteiger charge is -2.34. The Labute approximate surface area is 112 Å². The highest BCUT2D eigenvalue weighted by molar-refractivity contribution is 7.99. The second-order valence-electron chi connectivity index (χ2n) is 4.51. The van der Waals surface area contributed by atoms with E-state index in [9.17, 15) is 9.59 Å². The maximum Gasteiger partial charge on any atom is 0.305 e. The van der Waals surface area contributed by atoms with Crippen molar-refractivity contribution >= 4 is 23.6 Å². The van der Waals surface area contributed by atoms with Gasteiger partial charge in [-0.1, -0.05) is 6.42 Å². The maximum atomic E-state index is 12.0. The van der Waals surface area contributed by atoms with Crippen molar-refractivity contribution in [1.82, 2.24) is 4.90 Å². The number of rotatable bonds is 7. The van der Waals surface area contributed by atoms with E-state index in [0.717, 1.165) is 30.8 Å². The van der Waals surface area contributed by atoms with Gasteiger partial charge in [0.1, 0.15) is 0 Å². The molecule has 1 fully saturated rings. The van der Waals surface area contributed by atoms with Crippen molar-refractivity contribution in [2.45, 2.75) is 38.1 Å². The van der Waals surface area contributed by atoms with Gasteiger partial charge in [-0.2, -0.15) is 11.8 Å². The lowest BCUT2D eigenvalue weighted by molar-refractivity contribution is -0.140. The molecule has 0 spiro atoms. The molecule has 1 aliphatic heterocycles. The number of nitrogens with two attached hydrogens (primary N) is 1. The van der Waals surface area contributed by atoms with Crippen molar-refractivity contribution in [3.05, 3.63) is 0 Å². The number of amides is 1. The van der Waals surface area contributed by atoms with Gasteiger partial charge in [0.25, 0.3) is 0 Å². The van der Waals surface area contributed by atoms with Gasteiger partial charge in [-0.25, -0.2) is 0 Å². The van der Waals surface area contributed by atoms with Gasteiger partial charge in [-0.05, 0) is 19.4 Å². The van der Waals surface area contributed by atoms with Gasteiger partial charge in [-0.3, -0.25) is 9.59 Å². The van der Waals surface area contributed by atoms with Crippen molar-refractivity contribution < 1.29 is 14.7 Å². The monoisotopic (exact) mass is 274 g/mol. The molecule has 0 aliphatic carbocycles. The lowest BCUT2D eigenvalue weighted by atomic mass is 10.1. The molecular weight excluding hydrogens is 252 g/mol. The van der Waals surface area contributed by atoms with Crippen molar-refractivity contribution in [2.75, 3.05) is 24.6 Å². The van der Waals surface area contributed by atoms with Gasteiger partial charge >= 0.3 is 5.97 Å². The topological polar surface area (TPSA) is 83.6 Å². The third kappa shape index (κ3) is 5.27. The van der Waals surface area contributed by atoms with Crippen LogP contribution in [-0.2, 0) is 9.59 Å². The van der Waals surface area contributed by atoms with Crippen LogP contribution < -0.4 is 5.73 Å². The minimum atomic E-state index is -0.830. The van der Waals surface area contributed by atoms with Gasteiger partial charge in [0.2, 0.25) is 5.91 Å². The molecule has 1 saturated heterocycles. The summed E-state index contributed by atoms with van der Waals surface area (Å²) in [6.45, 7) is 1.34. The molecular formula is C12H22N2O3S. The standard InChI is InChI=1S/C12H22N2O3S/c13-5-3-1-2-4-11(15)14-6-7-18-9-10(14)8-12(16)17/h10H,1-9,13H2,(H,16,17). The lowest BCUT2D eigenvalue weighted by Crippen LogP contribution is -2.47. The zero-order valence-corrected chi connectivity index (χ0v) is 11.5. The van der Waals surface area contributed by atoms with Crippen molar-refractivity contribution in [3.8, 4) is 0 Å². The first-order valence-electron chi connectivity index (χ1n) is 6.44. The molecule has 0 radical (unpaired) electrons. The number of unbranched alkanes of at least 4 members (excludes halogenated alkanes) is 2. The number of carbonyl (C=O) groups is 2. The summed E-state index contributed by atoms with van der Waals surface area (Å²) in [5, 5.41) is 8.85. The Morgan fingerprint density at radius 1 is 1.33 bits per heavy atom. The van der Waals surface area contributed by atoms with E-state index in [2.05, 4.69) is 0 Å². The van der Waals surface area contributed by atoms with Crippen LogP contribution in [0.25, 0.3) is 0 Å². The summed E-state index contributed by atoms with van der Waals surface area (Å²) in [7, 11) is 0. The highest BCUT2D eigenvalue weighted by Gasteiger charge is 2.28. The highest BCUT2D eigenvalue weighted by Crippen LogP contribution is 2.20. The van der Waals surface area contributed by atoms with Crippen LogP contribution in [0.15, 0.2) is 0 Å². The van der Waals surface area contributed by atoms with E-state index in [-0.39, 0.29) is 18.4 Å². The van der Waals surface area contributed by atoms with Crippen LogP contribution >= 0.6 is 11.8 Å². The average molecular weight is 274 g/mol. The third-order valence-corrected chi connectivity index (χ3v) is 4.14. The molecule has 6 heteroatoms. The fourth-order valence-electron chi connectivity index (χ4n) is 2.09. The minimum Gasteiger partial charge on any atom is -0.481 e. The number of carbonyl (C=O) groups excluding carboxylic acids is 1. The summed E-state index contributed by atoms with van der Waals surface area (Å²) < 4.78 is 0. The van der Waals surface area contributed by atoms with Gasteiger partial charge in [-0.15, -0.1) is 0 Å². The Morgan fingerprint density at radius 3 is 2.78 bits per heavy atom. The van der Waals surface area contributed by atoms with E-state index in [1.54, 1.807) is 16.7 Å². The van der Waals surface area contributed by atoms with Crippen molar-refractivity contribution in [1.29, 1.82) is 0 Å². The largest absolute Gasteiger partial charge is 0.481 e. The summed E-state index contributed by atoms with van der Waals surface area (Å²) in [5.41, 5.74) is 5.40. The summed E-state index contributed by atoms with van der Waals surface area (Å²) in [6, 6.07) is -0.136. The number of hydrogen-bond donors (Lipinski definition) is 2. The highest BCUT2D eigenvalue weighted by atomic mass is 32.2. The second-order valence-corrected chi connectivity index (χ2v) is 5.66. The Morgan fingerprint density at radius 2 is 2.11 bits per heavy atom. The van der Waals surface area contributed by atoms with Crippen molar-refractivity contribution in [3.63, 3.8) is 0 Å². The molecule has 3 N–H and O–H groups in total.